The quantitative estimate of drug-likeness (QED) is 0.607. The van der Waals surface area contributed by atoms with Gasteiger partial charge in [0.1, 0.15) is 0 Å². The molecule has 1 aromatic rings. The first kappa shape index (κ1) is 13.8. The first-order valence-electron chi connectivity index (χ1n) is 6.47. The molecule has 3 heteroatoms. The van der Waals surface area contributed by atoms with Gasteiger partial charge in [0, 0.05) is 13.2 Å². The minimum atomic E-state index is -0.236. The Labute approximate surface area is 115 Å². The van der Waals surface area contributed by atoms with Gasteiger partial charge in [-0.3, -0.25) is 0 Å². The minimum absolute atomic E-state index is 0.236. The molecule has 0 bridgehead atoms. The molecule has 1 heterocycles. The fourth-order valence-corrected chi connectivity index (χ4v) is 1.95. The third-order valence-corrected chi connectivity index (χ3v) is 3.24. The van der Waals surface area contributed by atoms with E-state index in [0.717, 1.165) is 47.4 Å². The molecule has 0 unspecified atom stereocenters. The lowest BCUT2D eigenvalue weighted by Gasteiger charge is -2.20. The Morgan fingerprint density at radius 1 is 1.05 bits per heavy atom. The predicted octanol–water partition coefficient (Wildman–Crippen LogP) is 2.96. The van der Waals surface area contributed by atoms with Gasteiger partial charge in [0.05, 0.1) is 0 Å². The van der Waals surface area contributed by atoms with Crippen LogP contribution >= 0.6 is 0 Å². The predicted molar refractivity (Wildman–Crippen MR) is 81.3 cm³/mol. The third kappa shape index (κ3) is 3.25. The van der Waals surface area contributed by atoms with Gasteiger partial charge in [-0.25, -0.2) is 0 Å². The molecule has 0 radical (unpaired) electrons. The maximum absolute atomic E-state index is 5.57. The van der Waals surface area contributed by atoms with E-state index >= 15 is 0 Å². The lowest BCUT2D eigenvalue weighted by atomic mass is 9.77. The zero-order valence-corrected chi connectivity index (χ0v) is 11.4. The van der Waals surface area contributed by atoms with Crippen LogP contribution in [0.3, 0.4) is 0 Å². The maximum atomic E-state index is 5.57. The van der Waals surface area contributed by atoms with Crippen LogP contribution in [0.1, 0.15) is 18.9 Å². The van der Waals surface area contributed by atoms with Crippen molar-refractivity contribution in [1.29, 1.82) is 0 Å². The molecular weight excluding hydrogens is 235 g/mol. The summed E-state index contributed by atoms with van der Waals surface area (Å²) >= 11 is 0. The average molecular weight is 254 g/mol. The number of rotatable bonds is 4. The van der Waals surface area contributed by atoms with E-state index in [4.69, 9.17) is 9.31 Å². The highest BCUT2D eigenvalue weighted by atomic mass is 16.6. The van der Waals surface area contributed by atoms with Gasteiger partial charge in [0.25, 0.3) is 0 Å². The van der Waals surface area contributed by atoms with Gasteiger partial charge in [-0.05, 0) is 35.5 Å². The fraction of sp³-hybridized carbons (Fsp3) is 0.250. The summed E-state index contributed by atoms with van der Waals surface area (Å²) in [6, 6.07) is 8.07. The first-order valence-corrected chi connectivity index (χ1v) is 6.47. The van der Waals surface area contributed by atoms with Gasteiger partial charge in [-0.2, -0.15) is 0 Å². The van der Waals surface area contributed by atoms with Crippen molar-refractivity contribution in [1.82, 2.24) is 0 Å². The second-order valence-corrected chi connectivity index (χ2v) is 4.79. The summed E-state index contributed by atoms with van der Waals surface area (Å²) in [5.74, 6) is 0. The van der Waals surface area contributed by atoms with Gasteiger partial charge in [0.2, 0.25) is 0 Å². The Morgan fingerprint density at radius 3 is 2.16 bits per heavy atom. The molecular formula is C16H19BO2. The zero-order valence-electron chi connectivity index (χ0n) is 11.4. The monoisotopic (exact) mass is 254 g/mol. The van der Waals surface area contributed by atoms with Crippen molar-refractivity contribution in [2.24, 2.45) is 0 Å². The zero-order chi connectivity index (χ0) is 13.8. The van der Waals surface area contributed by atoms with Crippen LogP contribution in [0.2, 0.25) is 0 Å². The van der Waals surface area contributed by atoms with Gasteiger partial charge >= 0.3 is 7.12 Å². The molecule has 1 aliphatic rings. The molecule has 19 heavy (non-hydrogen) atoms. The highest BCUT2D eigenvalue weighted by Crippen LogP contribution is 2.23. The van der Waals surface area contributed by atoms with Crippen LogP contribution in [-0.4, -0.2) is 20.3 Å². The molecule has 0 atom stereocenters. The summed E-state index contributed by atoms with van der Waals surface area (Å²) in [5, 5.41) is 0. The number of hydrogen-bond donors (Lipinski definition) is 0. The van der Waals surface area contributed by atoms with E-state index in [-0.39, 0.29) is 7.12 Å². The van der Waals surface area contributed by atoms with Gasteiger partial charge in [-0.1, -0.05) is 49.6 Å². The highest BCUT2D eigenvalue weighted by Gasteiger charge is 2.24. The molecule has 0 saturated carbocycles. The Bertz CT molecular complexity index is 496. The molecule has 0 aliphatic carbocycles. The summed E-state index contributed by atoms with van der Waals surface area (Å²) in [7, 11) is -0.236. The molecule has 1 aliphatic heterocycles. The Balaban J connectivity index is 2.11. The highest BCUT2D eigenvalue weighted by molar-refractivity contribution is 6.61. The second-order valence-electron chi connectivity index (χ2n) is 4.79. The average Bonchev–Trinajstić information content (AvgIpc) is 2.46. The number of hydrogen-bond acceptors (Lipinski definition) is 2. The lowest BCUT2D eigenvalue weighted by molar-refractivity contribution is 0.143. The summed E-state index contributed by atoms with van der Waals surface area (Å²) in [6.45, 7) is 15.4. The lowest BCUT2D eigenvalue weighted by Crippen LogP contribution is -2.40. The van der Waals surface area contributed by atoms with Crippen LogP contribution in [0, 0.1) is 0 Å². The number of allylic oxidation sites excluding steroid dienone is 3. The first-order chi connectivity index (χ1) is 9.09. The van der Waals surface area contributed by atoms with Gasteiger partial charge < -0.3 is 9.31 Å². The van der Waals surface area contributed by atoms with E-state index < -0.39 is 0 Å². The summed E-state index contributed by atoms with van der Waals surface area (Å²) in [4.78, 5) is 0. The van der Waals surface area contributed by atoms with Crippen LogP contribution in [0.4, 0.5) is 0 Å². The topological polar surface area (TPSA) is 18.5 Å². The van der Waals surface area contributed by atoms with Crippen molar-refractivity contribution in [3.63, 3.8) is 0 Å². The third-order valence-electron chi connectivity index (χ3n) is 3.24. The van der Waals surface area contributed by atoms with Gasteiger partial charge in [-0.15, -0.1) is 0 Å². The largest absolute Gasteiger partial charge is 0.493 e. The van der Waals surface area contributed by atoms with Gasteiger partial charge in [0.15, 0.2) is 0 Å². The van der Waals surface area contributed by atoms with E-state index in [1.54, 1.807) is 0 Å². The van der Waals surface area contributed by atoms with Crippen molar-refractivity contribution in [3.8, 4) is 0 Å². The Hall–Kier alpha value is -1.58. The fourth-order valence-electron chi connectivity index (χ4n) is 1.95. The molecule has 2 nitrogen and oxygen atoms in total. The van der Waals surface area contributed by atoms with E-state index in [0.29, 0.717) is 0 Å². The van der Waals surface area contributed by atoms with E-state index in [1.807, 2.05) is 31.2 Å². The van der Waals surface area contributed by atoms with Crippen LogP contribution < -0.4 is 5.46 Å². The Morgan fingerprint density at radius 2 is 1.63 bits per heavy atom. The second kappa shape index (κ2) is 6.05. The van der Waals surface area contributed by atoms with Crippen LogP contribution in [0.5, 0.6) is 0 Å². The van der Waals surface area contributed by atoms with E-state index in [1.165, 1.54) is 0 Å². The molecule has 1 fully saturated rings. The van der Waals surface area contributed by atoms with E-state index in [9.17, 15) is 0 Å². The number of benzene rings is 1. The summed E-state index contributed by atoms with van der Waals surface area (Å²) < 4.78 is 11.1. The molecule has 0 spiro atoms. The van der Waals surface area contributed by atoms with Crippen molar-refractivity contribution in [3.05, 3.63) is 60.7 Å². The van der Waals surface area contributed by atoms with E-state index in [2.05, 4.69) is 19.7 Å². The Kier molecular flexibility index (Phi) is 4.41. The van der Waals surface area contributed by atoms with Crippen LogP contribution in [0.15, 0.2) is 55.1 Å². The molecule has 0 amide bonds. The van der Waals surface area contributed by atoms with Crippen molar-refractivity contribution < 1.29 is 9.31 Å². The SMILES string of the molecule is C=C(C)C(=C)C(=C)c1ccc(B2OCCCO2)cc1. The summed E-state index contributed by atoms with van der Waals surface area (Å²) in [6.07, 6.45) is 0.962. The normalized spacial score (nSPS) is 15.1. The molecule has 98 valence electrons. The van der Waals surface area contributed by atoms with Crippen molar-refractivity contribution >= 4 is 18.2 Å². The molecule has 2 rings (SSSR count). The molecule has 1 saturated heterocycles. The summed E-state index contributed by atoms with van der Waals surface area (Å²) in [5.41, 5.74) is 4.82. The van der Waals surface area contributed by atoms with Crippen molar-refractivity contribution in [2.45, 2.75) is 13.3 Å². The minimum Gasteiger partial charge on any atom is -0.407 e. The molecule has 0 N–H and O–H groups in total. The maximum Gasteiger partial charge on any atom is 0.493 e. The standard InChI is InChI=1S/C16H19BO2/c1-12(2)13(3)14(4)15-6-8-16(9-7-15)17-18-10-5-11-19-17/h6-9H,1,3-5,10-11H2,2H3. The van der Waals surface area contributed by atoms with Crippen LogP contribution in [0.25, 0.3) is 5.57 Å². The van der Waals surface area contributed by atoms with Crippen molar-refractivity contribution in [2.75, 3.05) is 13.2 Å². The molecule has 0 aromatic heterocycles. The molecule has 1 aromatic carbocycles. The van der Waals surface area contributed by atoms with Crippen LogP contribution in [-0.2, 0) is 9.31 Å². The smallest absolute Gasteiger partial charge is 0.407 e.